The van der Waals surface area contributed by atoms with Gasteiger partial charge in [-0.15, -0.1) is 11.3 Å². The molecule has 1 aliphatic rings. The van der Waals surface area contributed by atoms with Crippen molar-refractivity contribution < 1.29 is 13.2 Å². The van der Waals surface area contributed by atoms with Gasteiger partial charge in [-0.2, -0.15) is 0 Å². The average Bonchev–Trinajstić information content (AvgIpc) is 3.06. The van der Waals surface area contributed by atoms with Gasteiger partial charge < -0.3 is 5.32 Å². The van der Waals surface area contributed by atoms with Crippen LogP contribution in [0.1, 0.15) is 12.8 Å². The van der Waals surface area contributed by atoms with E-state index in [2.05, 4.69) is 32.9 Å². The van der Waals surface area contributed by atoms with E-state index in [9.17, 15) is 13.2 Å². The van der Waals surface area contributed by atoms with Gasteiger partial charge in [0, 0.05) is 20.9 Å². The maximum Gasteiger partial charge on any atom is 0.226 e. The molecule has 0 spiro atoms. The van der Waals surface area contributed by atoms with Gasteiger partial charge in [0.25, 0.3) is 0 Å². The number of nitrogens with one attached hydrogen (secondary N) is 1. The summed E-state index contributed by atoms with van der Waals surface area (Å²) in [5.41, 5.74) is 1.83. The molecule has 3 rings (SSSR count). The summed E-state index contributed by atoms with van der Waals surface area (Å²) in [4.78, 5) is 16.4. The SMILES string of the molecule is O=C(CC1CCS(=O)(=O)C1)Nc1nc(-c2ccc(I)cc2)cs1. The third-order valence-electron chi connectivity index (χ3n) is 3.69. The molecule has 1 atom stereocenters. The minimum Gasteiger partial charge on any atom is -0.302 e. The normalized spacial score (nSPS) is 19.6. The minimum atomic E-state index is -2.94. The summed E-state index contributed by atoms with van der Waals surface area (Å²) in [5, 5.41) is 5.22. The Morgan fingerprint density at radius 3 is 2.74 bits per heavy atom. The van der Waals surface area contributed by atoms with E-state index in [1.807, 2.05) is 29.6 Å². The van der Waals surface area contributed by atoms with Crippen LogP contribution in [0, 0.1) is 9.49 Å². The highest BCUT2D eigenvalue weighted by Crippen LogP contribution is 2.26. The number of hydrogen-bond acceptors (Lipinski definition) is 5. The molecule has 0 aliphatic carbocycles. The summed E-state index contributed by atoms with van der Waals surface area (Å²) in [7, 11) is -2.94. The van der Waals surface area contributed by atoms with E-state index in [4.69, 9.17) is 0 Å². The largest absolute Gasteiger partial charge is 0.302 e. The summed E-state index contributed by atoms with van der Waals surface area (Å²) in [6, 6.07) is 8.00. The molecule has 5 nitrogen and oxygen atoms in total. The summed E-state index contributed by atoms with van der Waals surface area (Å²) < 4.78 is 24.0. The lowest BCUT2D eigenvalue weighted by molar-refractivity contribution is -0.116. The molecular formula is C15H15IN2O3S2. The van der Waals surface area contributed by atoms with Gasteiger partial charge in [-0.25, -0.2) is 13.4 Å². The van der Waals surface area contributed by atoms with Gasteiger partial charge >= 0.3 is 0 Å². The molecule has 1 amide bonds. The Bertz CT molecular complexity index is 816. The number of benzene rings is 1. The monoisotopic (exact) mass is 462 g/mol. The molecule has 1 unspecified atom stereocenters. The first kappa shape index (κ1) is 16.8. The molecule has 1 aliphatic heterocycles. The molecular weight excluding hydrogens is 447 g/mol. The smallest absolute Gasteiger partial charge is 0.226 e. The highest BCUT2D eigenvalue weighted by Gasteiger charge is 2.29. The number of halogens is 1. The maximum atomic E-state index is 12.0. The van der Waals surface area contributed by atoms with Crippen molar-refractivity contribution >= 4 is 54.8 Å². The van der Waals surface area contributed by atoms with E-state index in [0.29, 0.717) is 11.6 Å². The Morgan fingerprint density at radius 2 is 2.09 bits per heavy atom. The first-order chi connectivity index (χ1) is 10.9. The van der Waals surface area contributed by atoms with E-state index in [1.54, 1.807) is 0 Å². The molecule has 2 aromatic rings. The van der Waals surface area contributed by atoms with E-state index >= 15 is 0 Å². The number of hydrogen-bond donors (Lipinski definition) is 1. The molecule has 8 heteroatoms. The zero-order valence-corrected chi connectivity index (χ0v) is 15.9. The fourth-order valence-electron chi connectivity index (χ4n) is 2.55. The topological polar surface area (TPSA) is 76.1 Å². The molecule has 1 aromatic carbocycles. The van der Waals surface area contributed by atoms with Crippen LogP contribution in [0.15, 0.2) is 29.6 Å². The Labute approximate surface area is 152 Å². The number of anilines is 1. The van der Waals surface area contributed by atoms with Crippen LogP contribution >= 0.6 is 33.9 Å². The molecule has 0 saturated carbocycles. The van der Waals surface area contributed by atoms with Crippen molar-refractivity contribution in [1.29, 1.82) is 0 Å². The van der Waals surface area contributed by atoms with Crippen LogP contribution in [0.3, 0.4) is 0 Å². The van der Waals surface area contributed by atoms with Crippen molar-refractivity contribution in [3.63, 3.8) is 0 Å². The first-order valence-electron chi connectivity index (χ1n) is 7.13. The molecule has 1 saturated heterocycles. The molecule has 23 heavy (non-hydrogen) atoms. The third-order valence-corrected chi connectivity index (χ3v) is 7.01. The standard InChI is InChI=1S/C15H15IN2O3S2/c16-12-3-1-11(2-4-12)13-8-22-15(17-13)18-14(19)7-10-5-6-23(20,21)9-10/h1-4,8,10H,5-7,9H2,(H,17,18,19). The van der Waals surface area contributed by atoms with E-state index in [1.165, 1.54) is 11.3 Å². The zero-order chi connectivity index (χ0) is 16.4. The lowest BCUT2D eigenvalue weighted by atomic mass is 10.1. The van der Waals surface area contributed by atoms with Gasteiger partial charge in [0.2, 0.25) is 5.91 Å². The van der Waals surface area contributed by atoms with Crippen molar-refractivity contribution in [1.82, 2.24) is 4.98 Å². The first-order valence-corrected chi connectivity index (χ1v) is 10.9. The van der Waals surface area contributed by atoms with Gasteiger partial charge in [0.1, 0.15) is 0 Å². The second-order valence-corrected chi connectivity index (χ2v) is 9.90. The summed E-state index contributed by atoms with van der Waals surface area (Å²) in [6.45, 7) is 0. The molecule has 1 fully saturated rings. The lowest BCUT2D eigenvalue weighted by Crippen LogP contribution is -2.17. The number of sulfone groups is 1. The van der Waals surface area contributed by atoms with E-state index < -0.39 is 9.84 Å². The van der Waals surface area contributed by atoms with Crippen molar-refractivity contribution in [3.05, 3.63) is 33.2 Å². The molecule has 1 N–H and O–H groups in total. The van der Waals surface area contributed by atoms with Crippen LogP contribution in [0.2, 0.25) is 0 Å². The van der Waals surface area contributed by atoms with Crippen molar-refractivity contribution in [2.45, 2.75) is 12.8 Å². The van der Waals surface area contributed by atoms with Gasteiger partial charge in [0.05, 0.1) is 17.2 Å². The van der Waals surface area contributed by atoms with E-state index in [0.717, 1.165) is 14.8 Å². The molecule has 0 radical (unpaired) electrons. The summed E-state index contributed by atoms with van der Waals surface area (Å²) in [6.07, 6.45) is 0.805. The fourth-order valence-corrected chi connectivity index (χ4v) is 5.51. The Kier molecular flexibility index (Phi) is 5.02. The number of carbonyl (C=O) groups excluding carboxylic acids is 1. The fraction of sp³-hybridized carbons (Fsp3) is 0.333. The quantitative estimate of drug-likeness (QED) is 0.709. The molecule has 122 valence electrons. The molecule has 2 heterocycles. The predicted molar refractivity (Wildman–Crippen MR) is 100 cm³/mol. The van der Waals surface area contributed by atoms with Gasteiger partial charge in [0.15, 0.2) is 15.0 Å². The van der Waals surface area contributed by atoms with Crippen LogP contribution in [-0.4, -0.2) is 30.8 Å². The highest BCUT2D eigenvalue weighted by atomic mass is 127. The number of aromatic nitrogens is 1. The van der Waals surface area contributed by atoms with Crippen LogP contribution in [0.4, 0.5) is 5.13 Å². The average molecular weight is 462 g/mol. The van der Waals surface area contributed by atoms with Gasteiger partial charge in [-0.05, 0) is 47.1 Å². The maximum absolute atomic E-state index is 12.0. The number of rotatable bonds is 4. The second-order valence-electron chi connectivity index (χ2n) is 5.57. The van der Waals surface area contributed by atoms with Crippen molar-refractivity contribution in [3.8, 4) is 11.3 Å². The van der Waals surface area contributed by atoms with Crippen LogP contribution in [0.5, 0.6) is 0 Å². The number of carbonyl (C=O) groups is 1. The minimum absolute atomic E-state index is 0.0735. The number of nitrogens with zero attached hydrogens (tertiary/aromatic N) is 1. The molecule has 0 bridgehead atoms. The van der Waals surface area contributed by atoms with Crippen LogP contribution < -0.4 is 5.32 Å². The van der Waals surface area contributed by atoms with Gasteiger partial charge in [-0.3, -0.25) is 4.79 Å². The second kappa shape index (κ2) is 6.86. The van der Waals surface area contributed by atoms with Crippen LogP contribution in [0.25, 0.3) is 11.3 Å². The predicted octanol–water partition coefficient (Wildman–Crippen LogP) is 3.18. The lowest BCUT2D eigenvalue weighted by Gasteiger charge is -2.06. The number of thiazole rings is 1. The zero-order valence-electron chi connectivity index (χ0n) is 12.2. The third kappa shape index (κ3) is 4.51. The highest BCUT2D eigenvalue weighted by molar-refractivity contribution is 14.1. The number of amides is 1. The van der Waals surface area contributed by atoms with Crippen molar-refractivity contribution in [2.24, 2.45) is 5.92 Å². The van der Waals surface area contributed by atoms with Gasteiger partial charge in [-0.1, -0.05) is 12.1 Å². The Morgan fingerprint density at radius 1 is 1.35 bits per heavy atom. The molecule has 1 aromatic heterocycles. The Hall–Kier alpha value is -1.000. The Balaban J connectivity index is 1.60. The van der Waals surface area contributed by atoms with E-state index in [-0.39, 0.29) is 29.8 Å². The van der Waals surface area contributed by atoms with Crippen LogP contribution in [-0.2, 0) is 14.6 Å². The summed E-state index contributed by atoms with van der Waals surface area (Å²) in [5.74, 6) is 0.0666. The summed E-state index contributed by atoms with van der Waals surface area (Å²) >= 11 is 3.62. The van der Waals surface area contributed by atoms with Crippen molar-refractivity contribution in [2.75, 3.05) is 16.8 Å².